The fourth-order valence-corrected chi connectivity index (χ4v) is 1.88. The normalized spacial score (nSPS) is 13.2. The first-order valence-corrected chi connectivity index (χ1v) is 7.27. The van der Waals surface area contributed by atoms with Gasteiger partial charge in [-0.05, 0) is 37.1 Å². The quantitative estimate of drug-likeness (QED) is 0.615. The Labute approximate surface area is 135 Å². The van der Waals surface area contributed by atoms with Gasteiger partial charge in [-0.2, -0.15) is 0 Å². The Morgan fingerprint density at radius 2 is 1.83 bits per heavy atom. The molecule has 0 radical (unpaired) electrons. The minimum absolute atomic E-state index is 0.171. The molecule has 6 heteroatoms. The van der Waals surface area contributed by atoms with Gasteiger partial charge in [0, 0.05) is 18.7 Å². The zero-order valence-electron chi connectivity index (χ0n) is 13.8. The van der Waals surface area contributed by atoms with Crippen LogP contribution in [0.3, 0.4) is 0 Å². The minimum atomic E-state index is -1.06. The summed E-state index contributed by atoms with van der Waals surface area (Å²) in [5.74, 6) is -1.05. The molecule has 1 rings (SSSR count). The summed E-state index contributed by atoms with van der Waals surface area (Å²) in [6.07, 6.45) is 3.36. The molecular formula is C17H22N2O4. The van der Waals surface area contributed by atoms with Crippen LogP contribution in [0.5, 0.6) is 0 Å². The van der Waals surface area contributed by atoms with Crippen LogP contribution in [0.1, 0.15) is 36.2 Å². The second-order valence-corrected chi connectivity index (χ2v) is 5.20. The van der Waals surface area contributed by atoms with Crippen LogP contribution in [0.25, 0.3) is 6.08 Å². The number of benzene rings is 1. The molecule has 0 aromatic heterocycles. The third kappa shape index (κ3) is 4.95. The van der Waals surface area contributed by atoms with Crippen LogP contribution in [0.4, 0.5) is 0 Å². The summed E-state index contributed by atoms with van der Waals surface area (Å²) in [7, 11) is 2.85. The highest BCUT2D eigenvalue weighted by Crippen LogP contribution is 2.12. The summed E-state index contributed by atoms with van der Waals surface area (Å²) in [6.45, 7) is 3.40. The number of ether oxygens (including phenoxy) is 1. The highest BCUT2D eigenvalue weighted by atomic mass is 16.5. The number of esters is 1. The van der Waals surface area contributed by atoms with Gasteiger partial charge in [-0.15, -0.1) is 0 Å². The number of amides is 2. The van der Waals surface area contributed by atoms with E-state index in [0.717, 1.165) is 5.56 Å². The van der Waals surface area contributed by atoms with Gasteiger partial charge >= 0.3 is 5.97 Å². The van der Waals surface area contributed by atoms with Gasteiger partial charge in [0.2, 0.25) is 5.91 Å². The molecule has 1 unspecified atom stereocenters. The van der Waals surface area contributed by atoms with Crippen molar-refractivity contribution in [3.05, 3.63) is 41.5 Å². The average molecular weight is 318 g/mol. The van der Waals surface area contributed by atoms with E-state index in [9.17, 15) is 14.4 Å². The Morgan fingerprint density at radius 1 is 1.22 bits per heavy atom. The number of carbonyl (C=O) groups excluding carboxylic acids is 3. The van der Waals surface area contributed by atoms with Gasteiger partial charge in [0.25, 0.3) is 5.91 Å². The van der Waals surface area contributed by atoms with Gasteiger partial charge in [-0.3, -0.25) is 9.59 Å². The molecule has 0 aliphatic rings. The lowest BCUT2D eigenvalue weighted by Crippen LogP contribution is -2.51. The summed E-state index contributed by atoms with van der Waals surface area (Å²) in [5, 5.41) is 5.17. The highest BCUT2D eigenvalue weighted by Gasteiger charge is 2.33. The lowest BCUT2D eigenvalue weighted by molar-refractivity contribution is -0.149. The Morgan fingerprint density at radius 3 is 2.30 bits per heavy atom. The van der Waals surface area contributed by atoms with Crippen molar-refractivity contribution >= 4 is 23.9 Å². The Hall–Kier alpha value is -2.63. The van der Waals surface area contributed by atoms with Crippen molar-refractivity contribution < 1.29 is 19.1 Å². The molecule has 1 aromatic rings. The molecule has 2 N–H and O–H groups in total. The first-order chi connectivity index (χ1) is 10.9. The van der Waals surface area contributed by atoms with Gasteiger partial charge in [0.15, 0.2) is 0 Å². The van der Waals surface area contributed by atoms with E-state index < -0.39 is 17.4 Å². The molecule has 0 aliphatic carbocycles. The summed E-state index contributed by atoms with van der Waals surface area (Å²) < 4.78 is 4.70. The Bertz CT molecular complexity index is 608. The average Bonchev–Trinajstić information content (AvgIpc) is 2.58. The zero-order chi connectivity index (χ0) is 17.5. The Balaban J connectivity index is 2.75. The highest BCUT2D eigenvalue weighted by molar-refractivity contribution is 5.96. The molecule has 6 nitrogen and oxygen atoms in total. The summed E-state index contributed by atoms with van der Waals surface area (Å²) in [4.78, 5) is 35.1. The van der Waals surface area contributed by atoms with Crippen molar-refractivity contribution in [3.8, 4) is 0 Å². The molecule has 0 spiro atoms. The number of nitrogens with one attached hydrogen (secondary N) is 2. The largest absolute Gasteiger partial charge is 0.467 e. The maximum Gasteiger partial charge on any atom is 0.331 e. The number of methoxy groups -OCH3 is 1. The van der Waals surface area contributed by atoms with Crippen molar-refractivity contribution in [2.24, 2.45) is 0 Å². The van der Waals surface area contributed by atoms with Gasteiger partial charge in [-0.1, -0.05) is 19.1 Å². The third-order valence-corrected chi connectivity index (χ3v) is 3.57. The smallest absolute Gasteiger partial charge is 0.331 e. The topological polar surface area (TPSA) is 84.5 Å². The predicted molar refractivity (Wildman–Crippen MR) is 87.7 cm³/mol. The van der Waals surface area contributed by atoms with E-state index in [-0.39, 0.29) is 5.91 Å². The third-order valence-electron chi connectivity index (χ3n) is 3.57. The summed E-state index contributed by atoms with van der Waals surface area (Å²) >= 11 is 0. The van der Waals surface area contributed by atoms with Gasteiger partial charge in [0.05, 0.1) is 7.11 Å². The fraction of sp³-hybridized carbons (Fsp3) is 0.353. The molecular weight excluding hydrogens is 296 g/mol. The van der Waals surface area contributed by atoms with Gasteiger partial charge in [-0.25, -0.2) is 4.79 Å². The standard InChI is InChI=1S/C17H22N2O4/c1-5-17(2,16(22)23-4)19-14(20)11-8-12-6-9-13(10-7-12)15(21)18-3/h6-11H,5H2,1-4H3,(H,18,21)(H,19,20). The van der Waals surface area contributed by atoms with Gasteiger partial charge < -0.3 is 15.4 Å². The molecule has 124 valence electrons. The summed E-state index contributed by atoms with van der Waals surface area (Å²) in [5.41, 5.74) is 0.251. The maximum atomic E-state index is 12.0. The monoisotopic (exact) mass is 318 g/mol. The van der Waals surface area contributed by atoms with Crippen molar-refractivity contribution in [1.82, 2.24) is 10.6 Å². The number of hydrogen-bond donors (Lipinski definition) is 2. The number of rotatable bonds is 6. The Kier molecular flexibility index (Phi) is 6.50. The SMILES string of the molecule is CCC(C)(NC(=O)C=Cc1ccc(C(=O)NC)cc1)C(=O)OC. The van der Waals surface area contributed by atoms with Crippen LogP contribution in [0.2, 0.25) is 0 Å². The molecule has 0 saturated carbocycles. The van der Waals surface area contributed by atoms with Gasteiger partial charge in [0.1, 0.15) is 5.54 Å². The maximum absolute atomic E-state index is 12.0. The first-order valence-electron chi connectivity index (χ1n) is 7.27. The van der Waals surface area contributed by atoms with Crippen LogP contribution in [0, 0.1) is 0 Å². The van der Waals surface area contributed by atoms with E-state index in [1.54, 1.807) is 51.2 Å². The van der Waals surface area contributed by atoms with Crippen LogP contribution in [0.15, 0.2) is 30.3 Å². The second-order valence-electron chi connectivity index (χ2n) is 5.20. The molecule has 0 heterocycles. The van der Waals surface area contributed by atoms with E-state index in [1.807, 2.05) is 0 Å². The predicted octanol–water partition coefficient (Wildman–Crippen LogP) is 1.52. The lowest BCUT2D eigenvalue weighted by Gasteiger charge is -2.25. The number of carbonyl (C=O) groups is 3. The molecule has 0 saturated heterocycles. The van der Waals surface area contributed by atoms with Crippen LogP contribution < -0.4 is 10.6 Å². The lowest BCUT2D eigenvalue weighted by atomic mass is 9.99. The van der Waals surface area contributed by atoms with E-state index in [1.165, 1.54) is 13.2 Å². The van der Waals surface area contributed by atoms with E-state index in [2.05, 4.69) is 10.6 Å². The van der Waals surface area contributed by atoms with E-state index in [0.29, 0.717) is 12.0 Å². The fourth-order valence-electron chi connectivity index (χ4n) is 1.88. The number of hydrogen-bond acceptors (Lipinski definition) is 4. The molecule has 2 amide bonds. The van der Waals surface area contributed by atoms with E-state index >= 15 is 0 Å². The second kappa shape index (κ2) is 8.12. The molecule has 0 fully saturated rings. The molecule has 23 heavy (non-hydrogen) atoms. The molecule has 0 aliphatic heterocycles. The molecule has 0 bridgehead atoms. The minimum Gasteiger partial charge on any atom is -0.467 e. The van der Waals surface area contributed by atoms with Crippen molar-refractivity contribution in [2.45, 2.75) is 25.8 Å². The van der Waals surface area contributed by atoms with Crippen LogP contribution in [-0.4, -0.2) is 37.5 Å². The first kappa shape index (κ1) is 18.4. The van der Waals surface area contributed by atoms with Crippen LogP contribution in [-0.2, 0) is 14.3 Å². The molecule has 1 aromatic carbocycles. The van der Waals surface area contributed by atoms with Crippen LogP contribution >= 0.6 is 0 Å². The van der Waals surface area contributed by atoms with Crippen molar-refractivity contribution in [2.75, 3.05) is 14.2 Å². The molecule has 1 atom stereocenters. The zero-order valence-corrected chi connectivity index (χ0v) is 13.8. The summed E-state index contributed by atoms with van der Waals surface area (Å²) in [6, 6.07) is 6.80. The van der Waals surface area contributed by atoms with Crippen molar-refractivity contribution in [1.29, 1.82) is 0 Å². The van der Waals surface area contributed by atoms with Crippen molar-refractivity contribution in [3.63, 3.8) is 0 Å². The van der Waals surface area contributed by atoms with E-state index in [4.69, 9.17) is 4.74 Å².